The van der Waals surface area contributed by atoms with Crippen molar-refractivity contribution in [2.75, 3.05) is 19.0 Å². The van der Waals surface area contributed by atoms with Gasteiger partial charge in [0.2, 0.25) is 0 Å². The van der Waals surface area contributed by atoms with E-state index in [4.69, 9.17) is 14.2 Å². The average Bonchev–Trinajstić information content (AvgIpc) is 2.72. The maximum absolute atomic E-state index is 11.8. The molecule has 0 saturated heterocycles. The lowest BCUT2D eigenvalue weighted by molar-refractivity contribution is 0.0526. The van der Waals surface area contributed by atoms with Crippen LogP contribution in [0.1, 0.15) is 22.8 Å². The monoisotopic (exact) mass is 299 g/mol. The van der Waals surface area contributed by atoms with Crippen LogP contribution in [0.3, 0.4) is 0 Å². The molecule has 0 bridgehead atoms. The Bertz CT molecular complexity index is 712. The van der Waals surface area contributed by atoms with Gasteiger partial charge < -0.3 is 19.5 Å². The largest absolute Gasteiger partial charge is 0.497 e. The van der Waals surface area contributed by atoms with Gasteiger partial charge in [-0.05, 0) is 43.3 Å². The summed E-state index contributed by atoms with van der Waals surface area (Å²) in [6.07, 6.45) is 0. The number of ether oxygens (including phenoxy) is 3. The highest BCUT2D eigenvalue weighted by molar-refractivity contribution is 5.91. The Morgan fingerprint density at radius 2 is 2.05 bits per heavy atom. The van der Waals surface area contributed by atoms with Crippen LogP contribution < -0.4 is 14.8 Å². The minimum absolute atomic E-state index is 0.337. The van der Waals surface area contributed by atoms with Crippen molar-refractivity contribution in [3.8, 4) is 17.2 Å². The maximum Gasteiger partial charge on any atom is 0.338 e. The van der Waals surface area contributed by atoms with Crippen molar-refractivity contribution in [1.82, 2.24) is 0 Å². The Morgan fingerprint density at radius 1 is 1.23 bits per heavy atom. The van der Waals surface area contributed by atoms with Gasteiger partial charge in [-0.1, -0.05) is 0 Å². The first-order valence-corrected chi connectivity index (χ1v) is 7.11. The molecule has 0 fully saturated rings. The number of hydrogen-bond acceptors (Lipinski definition) is 5. The van der Waals surface area contributed by atoms with Crippen molar-refractivity contribution < 1.29 is 19.0 Å². The van der Waals surface area contributed by atoms with Crippen LogP contribution in [-0.4, -0.2) is 19.7 Å². The summed E-state index contributed by atoms with van der Waals surface area (Å²) < 4.78 is 16.2. The van der Waals surface area contributed by atoms with Gasteiger partial charge in [0.15, 0.2) is 5.75 Å². The van der Waals surface area contributed by atoms with Crippen molar-refractivity contribution in [3.63, 3.8) is 0 Å². The number of carbonyl (C=O) groups excluding carboxylic acids is 1. The second kappa shape index (κ2) is 5.97. The van der Waals surface area contributed by atoms with E-state index in [0.717, 1.165) is 22.7 Å². The molecule has 0 radical (unpaired) electrons. The number of fused-ring (bicyclic) bond motifs is 2. The third-order valence-electron chi connectivity index (χ3n) is 3.45. The van der Waals surface area contributed by atoms with E-state index in [1.807, 2.05) is 18.2 Å². The van der Waals surface area contributed by atoms with Crippen LogP contribution in [0.5, 0.6) is 17.2 Å². The zero-order valence-electron chi connectivity index (χ0n) is 12.5. The van der Waals surface area contributed by atoms with E-state index in [1.54, 1.807) is 32.2 Å². The molecule has 5 heteroatoms. The first-order chi connectivity index (χ1) is 10.7. The molecule has 2 aromatic rings. The van der Waals surface area contributed by atoms with Gasteiger partial charge in [0.25, 0.3) is 0 Å². The van der Waals surface area contributed by atoms with Gasteiger partial charge in [-0.15, -0.1) is 0 Å². The normalized spacial score (nSPS) is 12.1. The number of hydrogen-bond donors (Lipinski definition) is 1. The molecule has 0 saturated carbocycles. The summed E-state index contributed by atoms with van der Waals surface area (Å²) in [5, 5.41) is 3.28. The minimum Gasteiger partial charge on any atom is -0.497 e. The molecule has 22 heavy (non-hydrogen) atoms. The van der Waals surface area contributed by atoms with E-state index >= 15 is 0 Å². The fourth-order valence-electron chi connectivity index (χ4n) is 2.33. The zero-order valence-corrected chi connectivity index (χ0v) is 12.5. The molecule has 0 amide bonds. The lowest BCUT2D eigenvalue weighted by Gasteiger charge is -2.10. The van der Waals surface area contributed by atoms with E-state index in [0.29, 0.717) is 24.5 Å². The number of anilines is 1. The van der Waals surface area contributed by atoms with E-state index in [1.165, 1.54) is 0 Å². The number of methoxy groups -OCH3 is 1. The Kier molecular flexibility index (Phi) is 3.87. The highest BCUT2D eigenvalue weighted by Gasteiger charge is 2.17. The Labute approximate surface area is 128 Å². The van der Waals surface area contributed by atoms with Crippen LogP contribution in [0.15, 0.2) is 36.4 Å². The van der Waals surface area contributed by atoms with Gasteiger partial charge in [-0.3, -0.25) is 0 Å². The van der Waals surface area contributed by atoms with Gasteiger partial charge in [-0.25, -0.2) is 4.79 Å². The summed E-state index contributed by atoms with van der Waals surface area (Å²) in [6, 6.07) is 10.9. The number of carbonyl (C=O) groups is 1. The molecule has 1 heterocycles. The standard InChI is InChI=1S/C17H17NO4/c1-3-21-17(19)11-4-6-16-14(9-11)18-10-12-8-13(20-2)5-7-15(12)22-16/h4-9,18H,3,10H2,1-2H3. The van der Waals surface area contributed by atoms with Crippen molar-refractivity contribution in [2.45, 2.75) is 13.5 Å². The maximum atomic E-state index is 11.8. The summed E-state index contributed by atoms with van der Waals surface area (Å²) in [5.74, 6) is 1.89. The third-order valence-corrected chi connectivity index (χ3v) is 3.45. The molecular formula is C17H17NO4. The van der Waals surface area contributed by atoms with Crippen LogP contribution in [0.25, 0.3) is 0 Å². The van der Waals surface area contributed by atoms with Crippen molar-refractivity contribution in [2.24, 2.45) is 0 Å². The molecule has 1 aliphatic heterocycles. The SMILES string of the molecule is CCOC(=O)c1ccc2c(c1)NCc1cc(OC)ccc1O2. The first-order valence-electron chi connectivity index (χ1n) is 7.11. The minimum atomic E-state index is -0.337. The van der Waals surface area contributed by atoms with Gasteiger partial charge >= 0.3 is 5.97 Å². The molecule has 5 nitrogen and oxygen atoms in total. The van der Waals surface area contributed by atoms with E-state index in [2.05, 4.69) is 5.32 Å². The summed E-state index contributed by atoms with van der Waals surface area (Å²) in [5.41, 5.74) is 2.26. The van der Waals surface area contributed by atoms with Crippen molar-refractivity contribution >= 4 is 11.7 Å². The van der Waals surface area contributed by atoms with Gasteiger partial charge in [-0.2, -0.15) is 0 Å². The molecule has 1 N–H and O–H groups in total. The molecule has 2 aromatic carbocycles. The predicted molar refractivity (Wildman–Crippen MR) is 82.8 cm³/mol. The molecular weight excluding hydrogens is 282 g/mol. The molecule has 1 aliphatic rings. The first kappa shape index (κ1) is 14.3. The number of nitrogens with one attached hydrogen (secondary N) is 1. The zero-order chi connectivity index (χ0) is 15.5. The second-order valence-corrected chi connectivity index (χ2v) is 4.86. The Morgan fingerprint density at radius 3 is 2.82 bits per heavy atom. The van der Waals surface area contributed by atoms with Gasteiger partial charge in [0.05, 0.1) is 25.0 Å². The van der Waals surface area contributed by atoms with E-state index < -0.39 is 0 Å². The summed E-state index contributed by atoms with van der Waals surface area (Å²) in [4.78, 5) is 11.8. The highest BCUT2D eigenvalue weighted by atomic mass is 16.5. The van der Waals surface area contributed by atoms with E-state index in [-0.39, 0.29) is 5.97 Å². The smallest absolute Gasteiger partial charge is 0.338 e. The number of rotatable bonds is 3. The quantitative estimate of drug-likeness (QED) is 0.878. The summed E-state index contributed by atoms with van der Waals surface area (Å²) in [7, 11) is 1.63. The molecule has 3 rings (SSSR count). The number of esters is 1. The molecule has 0 spiro atoms. The Balaban J connectivity index is 1.91. The molecule has 0 aliphatic carbocycles. The highest BCUT2D eigenvalue weighted by Crippen LogP contribution is 2.37. The fourth-order valence-corrected chi connectivity index (χ4v) is 2.33. The van der Waals surface area contributed by atoms with Crippen molar-refractivity contribution in [3.05, 3.63) is 47.5 Å². The topological polar surface area (TPSA) is 56.8 Å². The van der Waals surface area contributed by atoms with Crippen LogP contribution >= 0.6 is 0 Å². The lowest BCUT2D eigenvalue weighted by Crippen LogP contribution is -2.05. The Hall–Kier alpha value is -2.69. The molecule has 114 valence electrons. The van der Waals surface area contributed by atoms with Gasteiger partial charge in [0.1, 0.15) is 11.5 Å². The summed E-state index contributed by atoms with van der Waals surface area (Å²) >= 11 is 0. The fraction of sp³-hybridized carbons (Fsp3) is 0.235. The predicted octanol–water partition coefficient (Wildman–Crippen LogP) is 3.59. The summed E-state index contributed by atoms with van der Waals surface area (Å²) in [6.45, 7) is 2.73. The van der Waals surface area contributed by atoms with E-state index in [9.17, 15) is 4.79 Å². The van der Waals surface area contributed by atoms with Crippen LogP contribution in [-0.2, 0) is 11.3 Å². The van der Waals surface area contributed by atoms with Gasteiger partial charge in [0, 0.05) is 12.1 Å². The average molecular weight is 299 g/mol. The third kappa shape index (κ3) is 2.70. The second-order valence-electron chi connectivity index (χ2n) is 4.86. The number of benzene rings is 2. The van der Waals surface area contributed by atoms with Crippen LogP contribution in [0, 0.1) is 0 Å². The van der Waals surface area contributed by atoms with Crippen LogP contribution in [0.4, 0.5) is 5.69 Å². The lowest BCUT2D eigenvalue weighted by atomic mass is 10.2. The molecule has 0 atom stereocenters. The van der Waals surface area contributed by atoms with Crippen molar-refractivity contribution in [1.29, 1.82) is 0 Å². The van der Waals surface area contributed by atoms with Crippen LogP contribution in [0.2, 0.25) is 0 Å². The molecule has 0 unspecified atom stereocenters. The molecule has 0 aromatic heterocycles.